The molecule has 0 amide bonds. The Hall–Kier alpha value is -0.0800. The SMILES string of the molecule is CC(C)N1CCC(C2CNC(C)(C)C2)CC1. The summed E-state index contributed by atoms with van der Waals surface area (Å²) in [5, 5.41) is 3.66. The van der Waals surface area contributed by atoms with Crippen LogP contribution in [0.4, 0.5) is 0 Å². The Bertz CT molecular complexity index is 227. The average Bonchev–Trinajstić information content (AvgIpc) is 2.59. The molecule has 1 N–H and O–H groups in total. The fourth-order valence-corrected chi connectivity index (χ4v) is 3.45. The fraction of sp³-hybridized carbons (Fsp3) is 1.00. The molecular weight excluding hydrogens is 196 g/mol. The maximum Gasteiger partial charge on any atom is 0.0128 e. The summed E-state index contributed by atoms with van der Waals surface area (Å²) in [5.74, 6) is 1.91. The van der Waals surface area contributed by atoms with E-state index in [2.05, 4.69) is 37.9 Å². The Labute approximate surface area is 101 Å². The predicted octanol–water partition coefficient (Wildman–Crippen LogP) is 2.49. The molecule has 0 radical (unpaired) electrons. The predicted molar refractivity (Wildman–Crippen MR) is 69.6 cm³/mol. The molecule has 2 saturated heterocycles. The second-order valence-electron chi connectivity index (χ2n) is 6.70. The lowest BCUT2D eigenvalue weighted by Gasteiger charge is -2.37. The van der Waals surface area contributed by atoms with Crippen LogP contribution in [0.5, 0.6) is 0 Å². The minimum Gasteiger partial charge on any atom is -0.311 e. The van der Waals surface area contributed by atoms with E-state index in [0.29, 0.717) is 5.54 Å². The smallest absolute Gasteiger partial charge is 0.0128 e. The van der Waals surface area contributed by atoms with Gasteiger partial charge in [-0.1, -0.05) is 0 Å². The Balaban J connectivity index is 1.81. The molecule has 2 nitrogen and oxygen atoms in total. The number of hydrogen-bond acceptors (Lipinski definition) is 2. The van der Waals surface area contributed by atoms with Crippen molar-refractivity contribution in [3.05, 3.63) is 0 Å². The van der Waals surface area contributed by atoms with Crippen molar-refractivity contribution in [3.63, 3.8) is 0 Å². The number of nitrogens with one attached hydrogen (secondary N) is 1. The van der Waals surface area contributed by atoms with Crippen molar-refractivity contribution in [3.8, 4) is 0 Å². The van der Waals surface area contributed by atoms with Crippen molar-refractivity contribution < 1.29 is 0 Å². The lowest BCUT2D eigenvalue weighted by atomic mass is 9.81. The summed E-state index contributed by atoms with van der Waals surface area (Å²) in [7, 11) is 0. The van der Waals surface area contributed by atoms with Crippen LogP contribution in [0.1, 0.15) is 47.0 Å². The summed E-state index contributed by atoms with van der Waals surface area (Å²) >= 11 is 0. The molecule has 2 rings (SSSR count). The van der Waals surface area contributed by atoms with Crippen molar-refractivity contribution in [1.29, 1.82) is 0 Å². The Morgan fingerprint density at radius 2 is 1.75 bits per heavy atom. The molecule has 0 spiro atoms. The van der Waals surface area contributed by atoms with Gasteiger partial charge in [0.25, 0.3) is 0 Å². The quantitative estimate of drug-likeness (QED) is 0.775. The molecule has 16 heavy (non-hydrogen) atoms. The third kappa shape index (κ3) is 2.78. The molecule has 1 atom stereocenters. The third-order valence-electron chi connectivity index (χ3n) is 4.59. The van der Waals surface area contributed by atoms with Crippen LogP contribution in [0.3, 0.4) is 0 Å². The fourth-order valence-electron chi connectivity index (χ4n) is 3.45. The van der Waals surface area contributed by atoms with Crippen molar-refractivity contribution in [1.82, 2.24) is 10.2 Å². The number of piperidine rings is 1. The summed E-state index contributed by atoms with van der Waals surface area (Å²) in [4.78, 5) is 2.63. The molecule has 0 aromatic carbocycles. The molecule has 0 bridgehead atoms. The molecule has 2 heterocycles. The third-order valence-corrected chi connectivity index (χ3v) is 4.59. The largest absolute Gasteiger partial charge is 0.311 e. The van der Waals surface area contributed by atoms with Crippen LogP contribution >= 0.6 is 0 Å². The highest BCUT2D eigenvalue weighted by atomic mass is 15.1. The van der Waals surface area contributed by atoms with Crippen LogP contribution in [0.2, 0.25) is 0 Å². The van der Waals surface area contributed by atoms with E-state index in [9.17, 15) is 0 Å². The van der Waals surface area contributed by atoms with E-state index in [1.54, 1.807) is 0 Å². The topological polar surface area (TPSA) is 15.3 Å². The van der Waals surface area contributed by atoms with Gasteiger partial charge in [0.1, 0.15) is 0 Å². The van der Waals surface area contributed by atoms with Gasteiger partial charge in [0.2, 0.25) is 0 Å². The van der Waals surface area contributed by atoms with Crippen LogP contribution in [0.25, 0.3) is 0 Å². The summed E-state index contributed by atoms with van der Waals surface area (Å²) in [6.07, 6.45) is 4.21. The van der Waals surface area contributed by atoms with Gasteiger partial charge < -0.3 is 10.2 Å². The summed E-state index contributed by atoms with van der Waals surface area (Å²) in [6.45, 7) is 13.2. The van der Waals surface area contributed by atoms with Crippen molar-refractivity contribution >= 4 is 0 Å². The summed E-state index contributed by atoms with van der Waals surface area (Å²) < 4.78 is 0. The van der Waals surface area contributed by atoms with E-state index < -0.39 is 0 Å². The van der Waals surface area contributed by atoms with Gasteiger partial charge in [-0.3, -0.25) is 0 Å². The van der Waals surface area contributed by atoms with Gasteiger partial charge in [0.05, 0.1) is 0 Å². The molecule has 2 aliphatic rings. The molecule has 2 heteroatoms. The highest BCUT2D eigenvalue weighted by Crippen LogP contribution is 2.34. The number of rotatable bonds is 2. The van der Waals surface area contributed by atoms with Gasteiger partial charge in [0.15, 0.2) is 0 Å². The molecule has 1 unspecified atom stereocenters. The zero-order chi connectivity index (χ0) is 11.8. The maximum absolute atomic E-state index is 3.66. The first-order chi connectivity index (χ1) is 7.48. The first-order valence-corrected chi connectivity index (χ1v) is 6.97. The Kier molecular flexibility index (Phi) is 3.60. The molecule has 0 aliphatic carbocycles. The molecular formula is C14H28N2. The summed E-state index contributed by atoms with van der Waals surface area (Å²) in [6, 6.07) is 0.735. The van der Waals surface area contributed by atoms with Gasteiger partial charge >= 0.3 is 0 Å². The lowest BCUT2D eigenvalue weighted by molar-refractivity contribution is 0.123. The first kappa shape index (κ1) is 12.4. The number of likely N-dealkylation sites (tertiary alicyclic amines) is 1. The summed E-state index contributed by atoms with van der Waals surface area (Å²) in [5.41, 5.74) is 0.389. The average molecular weight is 224 g/mol. The second-order valence-corrected chi connectivity index (χ2v) is 6.70. The van der Waals surface area contributed by atoms with E-state index in [4.69, 9.17) is 0 Å². The minimum absolute atomic E-state index is 0.389. The maximum atomic E-state index is 3.66. The van der Waals surface area contributed by atoms with Gasteiger partial charge in [-0.15, -0.1) is 0 Å². The molecule has 0 aromatic heterocycles. The standard InChI is InChI=1S/C14H28N2/c1-11(2)16-7-5-12(6-8-16)13-9-14(3,4)15-10-13/h11-13,15H,5-10H2,1-4H3. The molecule has 0 aromatic rings. The highest BCUT2D eigenvalue weighted by molar-refractivity contribution is 4.93. The second kappa shape index (κ2) is 4.66. The van der Waals surface area contributed by atoms with Crippen LogP contribution in [0.15, 0.2) is 0 Å². The highest BCUT2D eigenvalue weighted by Gasteiger charge is 2.36. The van der Waals surface area contributed by atoms with Crippen molar-refractivity contribution in [2.45, 2.75) is 58.5 Å². The lowest BCUT2D eigenvalue weighted by Crippen LogP contribution is -2.40. The van der Waals surface area contributed by atoms with E-state index in [1.807, 2.05) is 0 Å². The molecule has 0 saturated carbocycles. The van der Waals surface area contributed by atoms with Crippen LogP contribution in [-0.4, -0.2) is 36.1 Å². The van der Waals surface area contributed by atoms with Crippen LogP contribution < -0.4 is 5.32 Å². The zero-order valence-electron chi connectivity index (χ0n) is 11.4. The van der Waals surface area contributed by atoms with Gasteiger partial charge in [0, 0.05) is 11.6 Å². The van der Waals surface area contributed by atoms with Crippen molar-refractivity contribution in [2.75, 3.05) is 19.6 Å². The molecule has 94 valence electrons. The van der Waals surface area contributed by atoms with Crippen LogP contribution in [-0.2, 0) is 0 Å². The zero-order valence-corrected chi connectivity index (χ0v) is 11.4. The molecule has 2 aliphatic heterocycles. The van der Waals surface area contributed by atoms with E-state index in [0.717, 1.165) is 17.9 Å². The number of hydrogen-bond donors (Lipinski definition) is 1. The monoisotopic (exact) mass is 224 g/mol. The Morgan fingerprint density at radius 3 is 2.19 bits per heavy atom. The van der Waals surface area contributed by atoms with Gasteiger partial charge in [-0.05, 0) is 78.4 Å². The van der Waals surface area contributed by atoms with Crippen molar-refractivity contribution in [2.24, 2.45) is 11.8 Å². The van der Waals surface area contributed by atoms with E-state index in [-0.39, 0.29) is 0 Å². The minimum atomic E-state index is 0.389. The van der Waals surface area contributed by atoms with Crippen LogP contribution in [0, 0.1) is 11.8 Å². The Morgan fingerprint density at radius 1 is 1.12 bits per heavy atom. The number of nitrogens with zero attached hydrogens (tertiary/aromatic N) is 1. The molecule has 2 fully saturated rings. The van der Waals surface area contributed by atoms with Gasteiger partial charge in [-0.2, -0.15) is 0 Å². The van der Waals surface area contributed by atoms with E-state index >= 15 is 0 Å². The van der Waals surface area contributed by atoms with Gasteiger partial charge in [-0.25, -0.2) is 0 Å². The van der Waals surface area contributed by atoms with E-state index in [1.165, 1.54) is 38.9 Å². The first-order valence-electron chi connectivity index (χ1n) is 6.97. The normalized spacial score (nSPS) is 32.4.